The zero-order chi connectivity index (χ0) is 11.3. The molecule has 1 aromatic heterocycles. The number of rotatable bonds is 4. The van der Waals surface area contributed by atoms with Crippen molar-refractivity contribution in [3.8, 4) is 0 Å². The van der Waals surface area contributed by atoms with E-state index in [-0.39, 0.29) is 11.9 Å². The fourth-order valence-electron chi connectivity index (χ4n) is 1.14. The standard InChI is InChI=1S/C10H16N4O/c1-8(11)4-6-14(2)10(15)9-3-5-12-13-7-9/h3,5,7-8H,4,6,11H2,1-2H3. The Morgan fingerprint density at radius 3 is 2.87 bits per heavy atom. The van der Waals surface area contributed by atoms with E-state index in [2.05, 4.69) is 10.2 Å². The second kappa shape index (κ2) is 5.41. The molecular weight excluding hydrogens is 192 g/mol. The van der Waals surface area contributed by atoms with E-state index >= 15 is 0 Å². The Morgan fingerprint density at radius 1 is 1.60 bits per heavy atom. The number of hydrogen-bond acceptors (Lipinski definition) is 4. The van der Waals surface area contributed by atoms with Crippen LogP contribution in [0.3, 0.4) is 0 Å². The van der Waals surface area contributed by atoms with Gasteiger partial charge in [0.15, 0.2) is 0 Å². The molecule has 0 radical (unpaired) electrons. The Balaban J connectivity index is 2.54. The number of carbonyl (C=O) groups excluding carboxylic acids is 1. The van der Waals surface area contributed by atoms with Crippen LogP contribution in [0.1, 0.15) is 23.7 Å². The Labute approximate surface area is 89.3 Å². The monoisotopic (exact) mass is 208 g/mol. The fourth-order valence-corrected chi connectivity index (χ4v) is 1.14. The van der Waals surface area contributed by atoms with Gasteiger partial charge in [0.25, 0.3) is 5.91 Å². The smallest absolute Gasteiger partial charge is 0.255 e. The number of hydrogen-bond donors (Lipinski definition) is 1. The molecule has 5 heteroatoms. The lowest BCUT2D eigenvalue weighted by molar-refractivity contribution is 0.0791. The first-order chi connectivity index (χ1) is 7.11. The maximum atomic E-state index is 11.8. The summed E-state index contributed by atoms with van der Waals surface area (Å²) in [5, 5.41) is 7.28. The predicted molar refractivity (Wildman–Crippen MR) is 57.3 cm³/mol. The minimum atomic E-state index is -0.0504. The second-order valence-corrected chi connectivity index (χ2v) is 3.62. The van der Waals surface area contributed by atoms with Crippen LogP contribution in [0.25, 0.3) is 0 Å². The Kier molecular flexibility index (Phi) is 4.17. The lowest BCUT2D eigenvalue weighted by Crippen LogP contribution is -2.31. The summed E-state index contributed by atoms with van der Waals surface area (Å²) in [7, 11) is 1.76. The molecule has 1 amide bonds. The summed E-state index contributed by atoms with van der Waals surface area (Å²) in [6, 6.07) is 1.76. The van der Waals surface area contributed by atoms with E-state index in [1.54, 1.807) is 18.0 Å². The van der Waals surface area contributed by atoms with E-state index in [1.807, 2.05) is 6.92 Å². The van der Waals surface area contributed by atoms with Crippen LogP contribution in [0.15, 0.2) is 18.5 Å². The molecule has 0 saturated heterocycles. The predicted octanol–water partition coefficient (Wildman–Crippen LogP) is 0.286. The summed E-state index contributed by atoms with van der Waals surface area (Å²) >= 11 is 0. The van der Waals surface area contributed by atoms with E-state index in [9.17, 15) is 4.79 Å². The van der Waals surface area contributed by atoms with Crippen molar-refractivity contribution in [2.24, 2.45) is 5.73 Å². The molecule has 0 aromatic carbocycles. The van der Waals surface area contributed by atoms with Gasteiger partial charge >= 0.3 is 0 Å². The minimum absolute atomic E-state index is 0.0504. The lowest BCUT2D eigenvalue weighted by atomic mass is 10.2. The first kappa shape index (κ1) is 11.6. The summed E-state index contributed by atoms with van der Waals surface area (Å²) < 4.78 is 0. The van der Waals surface area contributed by atoms with Gasteiger partial charge < -0.3 is 10.6 Å². The molecule has 1 atom stereocenters. The largest absolute Gasteiger partial charge is 0.342 e. The summed E-state index contributed by atoms with van der Waals surface area (Å²) in [5.74, 6) is -0.0504. The molecular formula is C10H16N4O. The molecule has 0 aliphatic heterocycles. The molecule has 0 aliphatic carbocycles. The second-order valence-electron chi connectivity index (χ2n) is 3.62. The van der Waals surface area contributed by atoms with E-state index in [0.29, 0.717) is 12.1 Å². The molecule has 2 N–H and O–H groups in total. The molecule has 1 aromatic rings. The normalized spacial score (nSPS) is 12.2. The summed E-state index contributed by atoms with van der Waals surface area (Å²) in [6.45, 7) is 2.57. The number of amides is 1. The van der Waals surface area contributed by atoms with Crippen molar-refractivity contribution < 1.29 is 4.79 Å². The van der Waals surface area contributed by atoms with Crippen LogP contribution in [0, 0.1) is 0 Å². The maximum Gasteiger partial charge on any atom is 0.255 e. The van der Waals surface area contributed by atoms with Crippen LogP contribution in [0.2, 0.25) is 0 Å². The Bertz CT molecular complexity index is 312. The van der Waals surface area contributed by atoms with E-state index in [0.717, 1.165) is 6.42 Å². The zero-order valence-electron chi connectivity index (χ0n) is 9.05. The van der Waals surface area contributed by atoms with Crippen LogP contribution in [0.4, 0.5) is 0 Å². The van der Waals surface area contributed by atoms with Gasteiger partial charge in [-0.3, -0.25) is 4.79 Å². The molecule has 1 rings (SSSR count). The van der Waals surface area contributed by atoms with E-state index < -0.39 is 0 Å². The number of nitrogens with zero attached hydrogens (tertiary/aromatic N) is 3. The highest BCUT2D eigenvalue weighted by atomic mass is 16.2. The van der Waals surface area contributed by atoms with Crippen molar-refractivity contribution in [1.82, 2.24) is 15.1 Å². The van der Waals surface area contributed by atoms with Gasteiger partial charge in [-0.15, -0.1) is 0 Å². The van der Waals surface area contributed by atoms with Crippen molar-refractivity contribution in [2.45, 2.75) is 19.4 Å². The Morgan fingerprint density at radius 2 is 2.33 bits per heavy atom. The third-order valence-electron chi connectivity index (χ3n) is 2.10. The van der Waals surface area contributed by atoms with Gasteiger partial charge in [0.05, 0.1) is 18.0 Å². The SMILES string of the molecule is CC(N)CCN(C)C(=O)c1ccnnc1. The van der Waals surface area contributed by atoms with Crippen LogP contribution in [-0.2, 0) is 0 Å². The number of aromatic nitrogens is 2. The number of carbonyl (C=O) groups is 1. The first-order valence-electron chi connectivity index (χ1n) is 4.89. The van der Waals surface area contributed by atoms with Crippen LogP contribution < -0.4 is 5.73 Å². The molecule has 1 heterocycles. The highest BCUT2D eigenvalue weighted by Gasteiger charge is 2.11. The maximum absolute atomic E-state index is 11.8. The summed E-state index contributed by atoms with van der Waals surface area (Å²) in [4.78, 5) is 13.4. The number of nitrogens with two attached hydrogens (primary N) is 1. The van der Waals surface area contributed by atoms with Crippen molar-refractivity contribution in [2.75, 3.05) is 13.6 Å². The van der Waals surface area contributed by atoms with E-state index in [1.165, 1.54) is 12.4 Å². The molecule has 1 unspecified atom stereocenters. The van der Waals surface area contributed by atoms with E-state index in [4.69, 9.17) is 5.73 Å². The molecule has 0 aliphatic rings. The fraction of sp³-hybridized carbons (Fsp3) is 0.500. The first-order valence-corrected chi connectivity index (χ1v) is 4.89. The van der Waals surface area contributed by atoms with Gasteiger partial charge in [0.2, 0.25) is 0 Å². The minimum Gasteiger partial charge on any atom is -0.342 e. The zero-order valence-corrected chi connectivity index (χ0v) is 9.05. The average molecular weight is 208 g/mol. The summed E-state index contributed by atoms with van der Waals surface area (Å²) in [6.07, 6.45) is 3.76. The van der Waals surface area contributed by atoms with Gasteiger partial charge in [-0.2, -0.15) is 10.2 Å². The van der Waals surface area contributed by atoms with Crippen molar-refractivity contribution in [3.05, 3.63) is 24.0 Å². The van der Waals surface area contributed by atoms with Crippen molar-refractivity contribution >= 4 is 5.91 Å². The third-order valence-corrected chi connectivity index (χ3v) is 2.10. The van der Waals surface area contributed by atoms with Gasteiger partial charge in [0.1, 0.15) is 0 Å². The van der Waals surface area contributed by atoms with Crippen LogP contribution in [0.5, 0.6) is 0 Å². The van der Waals surface area contributed by atoms with Crippen molar-refractivity contribution in [1.29, 1.82) is 0 Å². The highest BCUT2D eigenvalue weighted by Crippen LogP contribution is 2.01. The molecule has 0 fully saturated rings. The van der Waals surface area contributed by atoms with Crippen LogP contribution in [-0.4, -0.2) is 40.6 Å². The van der Waals surface area contributed by atoms with Gasteiger partial charge in [0, 0.05) is 19.6 Å². The highest BCUT2D eigenvalue weighted by molar-refractivity contribution is 5.93. The quantitative estimate of drug-likeness (QED) is 0.771. The van der Waals surface area contributed by atoms with Crippen molar-refractivity contribution in [3.63, 3.8) is 0 Å². The third kappa shape index (κ3) is 3.63. The molecule has 15 heavy (non-hydrogen) atoms. The average Bonchev–Trinajstić information content (AvgIpc) is 2.26. The van der Waals surface area contributed by atoms with Gasteiger partial charge in [-0.1, -0.05) is 0 Å². The van der Waals surface area contributed by atoms with Crippen LogP contribution >= 0.6 is 0 Å². The topological polar surface area (TPSA) is 72.1 Å². The molecule has 0 bridgehead atoms. The molecule has 5 nitrogen and oxygen atoms in total. The molecule has 82 valence electrons. The summed E-state index contributed by atoms with van der Waals surface area (Å²) in [5.41, 5.74) is 6.17. The molecule has 0 spiro atoms. The lowest BCUT2D eigenvalue weighted by Gasteiger charge is -2.17. The Hall–Kier alpha value is -1.49. The van der Waals surface area contributed by atoms with Gasteiger partial charge in [-0.05, 0) is 19.4 Å². The molecule has 0 saturated carbocycles. The van der Waals surface area contributed by atoms with Gasteiger partial charge in [-0.25, -0.2) is 0 Å².